The molecular weight excluding hydrogens is 246 g/mol. The normalized spacial score (nSPS) is 37.5. The summed E-state index contributed by atoms with van der Waals surface area (Å²) in [5.41, 5.74) is 0. The van der Waals surface area contributed by atoms with Crippen LogP contribution in [0.15, 0.2) is 0 Å². The second-order valence-corrected chi connectivity index (χ2v) is 7.68. The highest BCUT2D eigenvalue weighted by Gasteiger charge is 2.38. The molecule has 0 amide bonds. The van der Waals surface area contributed by atoms with E-state index in [1.807, 2.05) is 0 Å². The maximum Gasteiger partial charge on any atom is 0.0274 e. The van der Waals surface area contributed by atoms with Crippen molar-refractivity contribution in [3.05, 3.63) is 0 Å². The third kappa shape index (κ3) is 3.96. The molecule has 3 heteroatoms. The van der Waals surface area contributed by atoms with E-state index >= 15 is 0 Å². The fraction of sp³-hybridized carbons (Fsp3) is 1.00. The van der Waals surface area contributed by atoms with Gasteiger partial charge >= 0.3 is 0 Å². The summed E-state index contributed by atoms with van der Waals surface area (Å²) < 4.78 is 0. The monoisotopic (exact) mass is 281 g/mol. The van der Waals surface area contributed by atoms with Gasteiger partial charge in [0.25, 0.3) is 0 Å². The Kier molecular flexibility index (Phi) is 5.88. The summed E-state index contributed by atoms with van der Waals surface area (Å²) in [5.74, 6) is 2.62. The molecule has 0 bridgehead atoms. The maximum absolute atomic E-state index is 3.61. The van der Waals surface area contributed by atoms with Gasteiger partial charge < -0.3 is 10.2 Å². The Labute approximate surface area is 126 Å². The van der Waals surface area contributed by atoms with Crippen molar-refractivity contribution in [3.63, 3.8) is 0 Å². The predicted octanol–water partition coefficient (Wildman–Crippen LogP) is 2.28. The lowest BCUT2D eigenvalue weighted by Crippen LogP contribution is -2.57. The number of likely N-dealkylation sites (N-methyl/N-ethyl adjacent to an activating group) is 1. The standard InChI is InChI=1S/C17H35N3/c1-13-10-14(2)17(16(11-13)18-3)20-8-6-15(7-9-20)12-19(4)5/h13-18H,6-12H2,1-5H3. The van der Waals surface area contributed by atoms with Gasteiger partial charge in [0.1, 0.15) is 0 Å². The largest absolute Gasteiger partial charge is 0.315 e. The molecule has 0 aromatic heterocycles. The van der Waals surface area contributed by atoms with Crippen molar-refractivity contribution in [1.82, 2.24) is 15.1 Å². The van der Waals surface area contributed by atoms with Crippen LogP contribution < -0.4 is 5.32 Å². The summed E-state index contributed by atoms with van der Waals surface area (Å²) in [7, 11) is 6.56. The van der Waals surface area contributed by atoms with Gasteiger partial charge in [0.2, 0.25) is 0 Å². The van der Waals surface area contributed by atoms with Crippen LogP contribution in [0.25, 0.3) is 0 Å². The van der Waals surface area contributed by atoms with Crippen LogP contribution in [0.4, 0.5) is 0 Å². The first-order chi connectivity index (χ1) is 9.51. The number of likely N-dealkylation sites (tertiary alicyclic amines) is 1. The first-order valence-electron chi connectivity index (χ1n) is 8.57. The van der Waals surface area contributed by atoms with Crippen LogP contribution in [0.5, 0.6) is 0 Å². The highest BCUT2D eigenvalue weighted by atomic mass is 15.2. The Balaban J connectivity index is 1.91. The molecule has 1 saturated carbocycles. The van der Waals surface area contributed by atoms with E-state index in [9.17, 15) is 0 Å². The molecule has 2 fully saturated rings. The van der Waals surface area contributed by atoms with Crippen molar-refractivity contribution in [3.8, 4) is 0 Å². The predicted molar refractivity (Wildman–Crippen MR) is 87.0 cm³/mol. The van der Waals surface area contributed by atoms with E-state index in [0.717, 1.165) is 23.8 Å². The fourth-order valence-electron chi connectivity index (χ4n) is 4.69. The molecule has 2 rings (SSSR count). The van der Waals surface area contributed by atoms with Crippen LogP contribution in [-0.2, 0) is 0 Å². The van der Waals surface area contributed by atoms with E-state index in [1.165, 1.54) is 45.3 Å². The van der Waals surface area contributed by atoms with Crippen molar-refractivity contribution >= 4 is 0 Å². The van der Waals surface area contributed by atoms with E-state index in [2.05, 4.69) is 50.1 Å². The maximum atomic E-state index is 3.61. The van der Waals surface area contributed by atoms with Gasteiger partial charge in [0, 0.05) is 18.6 Å². The third-order valence-corrected chi connectivity index (χ3v) is 5.49. The molecule has 1 N–H and O–H groups in total. The molecule has 1 heterocycles. The van der Waals surface area contributed by atoms with Crippen LogP contribution in [0.2, 0.25) is 0 Å². The highest BCUT2D eigenvalue weighted by Crippen LogP contribution is 2.34. The first-order valence-corrected chi connectivity index (χ1v) is 8.57. The average Bonchev–Trinajstić information content (AvgIpc) is 2.38. The lowest BCUT2D eigenvalue weighted by Gasteiger charge is -2.48. The van der Waals surface area contributed by atoms with Crippen LogP contribution in [0.1, 0.15) is 39.5 Å². The van der Waals surface area contributed by atoms with Gasteiger partial charge in [-0.25, -0.2) is 0 Å². The fourth-order valence-corrected chi connectivity index (χ4v) is 4.69. The van der Waals surface area contributed by atoms with Gasteiger partial charge in [-0.05, 0) is 77.7 Å². The van der Waals surface area contributed by atoms with Gasteiger partial charge in [-0.2, -0.15) is 0 Å². The van der Waals surface area contributed by atoms with Crippen molar-refractivity contribution in [2.45, 2.75) is 51.6 Å². The molecular formula is C17H35N3. The SMILES string of the molecule is CNC1CC(C)CC(C)C1N1CCC(CN(C)C)CC1. The molecule has 0 radical (unpaired) electrons. The highest BCUT2D eigenvalue weighted by molar-refractivity contribution is 4.94. The second kappa shape index (κ2) is 7.24. The number of hydrogen-bond acceptors (Lipinski definition) is 3. The molecule has 3 nitrogen and oxygen atoms in total. The van der Waals surface area contributed by atoms with E-state index in [0.29, 0.717) is 6.04 Å². The molecule has 4 atom stereocenters. The minimum absolute atomic E-state index is 0.694. The molecule has 0 aromatic carbocycles. The van der Waals surface area contributed by atoms with Gasteiger partial charge in [0.05, 0.1) is 0 Å². The molecule has 0 spiro atoms. The molecule has 118 valence electrons. The van der Waals surface area contributed by atoms with E-state index in [1.54, 1.807) is 0 Å². The van der Waals surface area contributed by atoms with Crippen LogP contribution in [-0.4, -0.2) is 62.7 Å². The van der Waals surface area contributed by atoms with Crippen LogP contribution in [0.3, 0.4) is 0 Å². The lowest BCUT2D eigenvalue weighted by atomic mass is 9.75. The molecule has 1 aliphatic heterocycles. The summed E-state index contributed by atoms with van der Waals surface area (Å²) in [4.78, 5) is 5.14. The zero-order valence-corrected chi connectivity index (χ0v) is 14.2. The molecule has 4 unspecified atom stereocenters. The quantitative estimate of drug-likeness (QED) is 0.853. The van der Waals surface area contributed by atoms with E-state index in [4.69, 9.17) is 0 Å². The molecule has 20 heavy (non-hydrogen) atoms. The second-order valence-electron chi connectivity index (χ2n) is 7.68. The number of nitrogens with one attached hydrogen (secondary N) is 1. The van der Waals surface area contributed by atoms with Crippen LogP contribution >= 0.6 is 0 Å². The number of piperidine rings is 1. The van der Waals surface area contributed by atoms with Gasteiger partial charge in [-0.3, -0.25) is 4.90 Å². The van der Waals surface area contributed by atoms with E-state index in [-0.39, 0.29) is 0 Å². The smallest absolute Gasteiger partial charge is 0.0274 e. The summed E-state index contributed by atoms with van der Waals surface area (Å²) in [5, 5.41) is 3.61. The van der Waals surface area contributed by atoms with Crippen molar-refractivity contribution < 1.29 is 0 Å². The lowest BCUT2D eigenvalue weighted by molar-refractivity contribution is 0.0353. The minimum Gasteiger partial charge on any atom is -0.315 e. The first kappa shape index (κ1) is 16.3. The molecule has 0 aromatic rings. The zero-order valence-electron chi connectivity index (χ0n) is 14.2. The Bertz CT molecular complexity index is 284. The average molecular weight is 281 g/mol. The van der Waals surface area contributed by atoms with Gasteiger partial charge in [-0.1, -0.05) is 13.8 Å². The van der Waals surface area contributed by atoms with E-state index < -0.39 is 0 Å². The Morgan fingerprint density at radius 3 is 2.30 bits per heavy atom. The Morgan fingerprint density at radius 1 is 1.10 bits per heavy atom. The van der Waals surface area contributed by atoms with Crippen molar-refractivity contribution in [1.29, 1.82) is 0 Å². The number of hydrogen-bond donors (Lipinski definition) is 1. The third-order valence-electron chi connectivity index (χ3n) is 5.49. The van der Waals surface area contributed by atoms with Gasteiger partial charge in [-0.15, -0.1) is 0 Å². The Hall–Kier alpha value is -0.120. The molecule has 2 aliphatic rings. The van der Waals surface area contributed by atoms with Gasteiger partial charge in [0.15, 0.2) is 0 Å². The molecule has 1 saturated heterocycles. The summed E-state index contributed by atoms with van der Waals surface area (Å²) >= 11 is 0. The molecule has 1 aliphatic carbocycles. The summed E-state index contributed by atoms with van der Waals surface area (Å²) in [6.45, 7) is 8.76. The zero-order chi connectivity index (χ0) is 14.7. The summed E-state index contributed by atoms with van der Waals surface area (Å²) in [6.07, 6.45) is 5.52. The number of rotatable bonds is 4. The van der Waals surface area contributed by atoms with Crippen molar-refractivity contribution in [2.24, 2.45) is 17.8 Å². The van der Waals surface area contributed by atoms with Crippen molar-refractivity contribution in [2.75, 3.05) is 40.8 Å². The minimum atomic E-state index is 0.694. The number of nitrogens with zero attached hydrogens (tertiary/aromatic N) is 2. The topological polar surface area (TPSA) is 18.5 Å². The summed E-state index contributed by atoms with van der Waals surface area (Å²) in [6, 6.07) is 1.45. The Morgan fingerprint density at radius 2 is 1.75 bits per heavy atom. The van der Waals surface area contributed by atoms with Crippen LogP contribution in [0, 0.1) is 17.8 Å².